The average Bonchev–Trinajstić information content (AvgIpc) is 3.17. The fraction of sp³-hybridized carbons (Fsp3) is 0.368. The molecule has 1 amide bonds. The monoisotopic (exact) mass is 355 g/mol. The molecule has 3 aromatic rings. The van der Waals surface area contributed by atoms with Crippen LogP contribution >= 0.6 is 11.3 Å². The molecule has 1 aliphatic rings. The number of hydrogen-bond donors (Lipinski definition) is 0. The second-order valence-corrected chi connectivity index (χ2v) is 7.52. The van der Waals surface area contributed by atoms with E-state index in [0.717, 1.165) is 20.8 Å². The number of aromatic nitrogens is 2. The average molecular weight is 355 g/mol. The highest BCUT2D eigenvalue weighted by molar-refractivity contribution is 7.20. The minimum atomic E-state index is 0.0991. The van der Waals surface area contributed by atoms with Crippen molar-refractivity contribution in [3.05, 3.63) is 52.5 Å². The van der Waals surface area contributed by atoms with E-state index in [1.54, 1.807) is 0 Å². The Balaban J connectivity index is 1.64. The first-order chi connectivity index (χ1) is 12.1. The topological polar surface area (TPSA) is 47.4 Å². The fourth-order valence-corrected chi connectivity index (χ4v) is 4.37. The van der Waals surface area contributed by atoms with E-state index in [0.29, 0.717) is 26.2 Å². The number of nitrogens with zero attached hydrogens (tertiary/aromatic N) is 3. The van der Waals surface area contributed by atoms with Crippen LogP contribution in [-0.4, -0.2) is 46.4 Å². The number of carbonyl (C=O) groups is 1. The molecule has 0 bridgehead atoms. The number of aryl methyl sites for hydroxylation is 1. The third-order valence-electron chi connectivity index (χ3n) is 4.52. The molecule has 0 spiro atoms. The van der Waals surface area contributed by atoms with Crippen molar-refractivity contribution >= 4 is 27.5 Å². The third kappa shape index (κ3) is 3.19. The normalized spacial score (nSPS) is 18.0. The lowest BCUT2D eigenvalue weighted by Crippen LogP contribution is -2.44. The van der Waals surface area contributed by atoms with E-state index in [9.17, 15) is 4.79 Å². The van der Waals surface area contributed by atoms with Crippen molar-refractivity contribution < 1.29 is 9.53 Å². The van der Waals surface area contributed by atoms with Crippen LogP contribution < -0.4 is 0 Å². The smallest absolute Gasteiger partial charge is 0.264 e. The van der Waals surface area contributed by atoms with Crippen LogP contribution in [0.3, 0.4) is 0 Å². The van der Waals surface area contributed by atoms with Crippen molar-refractivity contribution in [1.29, 1.82) is 0 Å². The summed E-state index contributed by atoms with van der Waals surface area (Å²) in [5, 5.41) is 5.73. The molecule has 0 aliphatic carbocycles. The Morgan fingerprint density at radius 3 is 2.92 bits per heavy atom. The minimum Gasteiger partial charge on any atom is -0.375 e. The molecule has 1 aromatic carbocycles. The number of benzene rings is 1. The van der Waals surface area contributed by atoms with Crippen LogP contribution in [0.15, 0.2) is 36.4 Å². The van der Waals surface area contributed by atoms with E-state index in [2.05, 4.69) is 17.2 Å². The maximum atomic E-state index is 12.8. The van der Waals surface area contributed by atoms with Crippen LogP contribution in [0, 0.1) is 6.92 Å². The van der Waals surface area contributed by atoms with Gasteiger partial charge in [-0.25, -0.2) is 0 Å². The van der Waals surface area contributed by atoms with Crippen molar-refractivity contribution in [3.63, 3.8) is 0 Å². The molecule has 4 rings (SSSR count). The van der Waals surface area contributed by atoms with Gasteiger partial charge in [-0.2, -0.15) is 5.10 Å². The van der Waals surface area contributed by atoms with Gasteiger partial charge in [-0.05, 0) is 25.5 Å². The molecule has 25 heavy (non-hydrogen) atoms. The van der Waals surface area contributed by atoms with Gasteiger partial charge in [0.05, 0.1) is 29.8 Å². The van der Waals surface area contributed by atoms with Gasteiger partial charge in [-0.1, -0.05) is 30.3 Å². The lowest BCUT2D eigenvalue weighted by atomic mass is 10.2. The van der Waals surface area contributed by atoms with Crippen LogP contribution in [0.4, 0.5) is 0 Å². The summed E-state index contributed by atoms with van der Waals surface area (Å²) < 4.78 is 7.54. The molecule has 6 heteroatoms. The molecule has 0 saturated carbocycles. The predicted molar refractivity (Wildman–Crippen MR) is 99.2 cm³/mol. The first-order valence-electron chi connectivity index (χ1n) is 8.53. The van der Waals surface area contributed by atoms with Crippen molar-refractivity contribution in [2.24, 2.45) is 0 Å². The Labute approximate surface area is 150 Å². The lowest BCUT2D eigenvalue weighted by molar-refractivity contribution is -0.0122. The summed E-state index contributed by atoms with van der Waals surface area (Å²) in [6, 6.07) is 12.3. The maximum absolute atomic E-state index is 12.8. The van der Waals surface area contributed by atoms with Gasteiger partial charge >= 0.3 is 0 Å². The number of ether oxygens (including phenoxy) is 1. The third-order valence-corrected chi connectivity index (χ3v) is 5.66. The molecule has 1 saturated heterocycles. The van der Waals surface area contributed by atoms with Gasteiger partial charge in [0.25, 0.3) is 5.91 Å². The molecule has 0 radical (unpaired) electrons. The zero-order valence-corrected chi connectivity index (χ0v) is 15.3. The van der Waals surface area contributed by atoms with Crippen LogP contribution in [0.2, 0.25) is 0 Å². The van der Waals surface area contributed by atoms with E-state index in [1.807, 2.05) is 47.7 Å². The van der Waals surface area contributed by atoms with Gasteiger partial charge in [0.15, 0.2) is 0 Å². The Morgan fingerprint density at radius 2 is 2.16 bits per heavy atom. The summed E-state index contributed by atoms with van der Waals surface area (Å²) >= 11 is 1.54. The lowest BCUT2D eigenvalue weighted by Gasteiger charge is -2.30. The van der Waals surface area contributed by atoms with E-state index in [1.165, 1.54) is 16.9 Å². The Morgan fingerprint density at radius 1 is 1.36 bits per heavy atom. The maximum Gasteiger partial charge on any atom is 0.264 e. The van der Waals surface area contributed by atoms with E-state index < -0.39 is 0 Å². The Hall–Kier alpha value is -2.18. The van der Waals surface area contributed by atoms with E-state index in [4.69, 9.17) is 4.74 Å². The van der Waals surface area contributed by atoms with Crippen molar-refractivity contribution in [3.8, 4) is 0 Å². The van der Waals surface area contributed by atoms with Gasteiger partial charge < -0.3 is 9.64 Å². The first-order valence-corrected chi connectivity index (χ1v) is 9.35. The van der Waals surface area contributed by atoms with E-state index in [-0.39, 0.29) is 12.0 Å². The summed E-state index contributed by atoms with van der Waals surface area (Å²) in [6.45, 7) is 6.65. The van der Waals surface area contributed by atoms with Gasteiger partial charge in [0, 0.05) is 18.5 Å². The molecule has 2 aromatic heterocycles. The molecule has 3 heterocycles. The number of thiophene rings is 1. The quantitative estimate of drug-likeness (QED) is 0.724. The first kappa shape index (κ1) is 16.3. The number of hydrogen-bond acceptors (Lipinski definition) is 4. The molecule has 5 nitrogen and oxygen atoms in total. The van der Waals surface area contributed by atoms with E-state index >= 15 is 0 Å². The van der Waals surface area contributed by atoms with Crippen molar-refractivity contribution in [2.45, 2.75) is 26.5 Å². The van der Waals surface area contributed by atoms with Crippen LogP contribution in [-0.2, 0) is 11.3 Å². The summed E-state index contributed by atoms with van der Waals surface area (Å²) in [6.07, 6.45) is 0.0994. The summed E-state index contributed by atoms with van der Waals surface area (Å²) in [7, 11) is 0. The van der Waals surface area contributed by atoms with Gasteiger partial charge in [-0.3, -0.25) is 9.48 Å². The summed E-state index contributed by atoms with van der Waals surface area (Å²) in [5.41, 5.74) is 2.17. The van der Waals surface area contributed by atoms with Crippen molar-refractivity contribution in [1.82, 2.24) is 14.7 Å². The Bertz CT molecular complexity index is 900. The second kappa shape index (κ2) is 6.61. The molecule has 0 N–H and O–H groups in total. The van der Waals surface area contributed by atoms with Crippen molar-refractivity contribution in [2.75, 3.05) is 19.7 Å². The minimum absolute atomic E-state index is 0.0991. The number of carbonyl (C=O) groups excluding carboxylic acids is 1. The highest BCUT2D eigenvalue weighted by Gasteiger charge is 2.25. The van der Waals surface area contributed by atoms with Crippen LogP contribution in [0.5, 0.6) is 0 Å². The highest BCUT2D eigenvalue weighted by atomic mass is 32.1. The highest BCUT2D eigenvalue weighted by Crippen LogP contribution is 2.30. The summed E-state index contributed by atoms with van der Waals surface area (Å²) in [4.78, 5) is 16.6. The number of fused-ring (bicyclic) bond motifs is 1. The summed E-state index contributed by atoms with van der Waals surface area (Å²) in [5.74, 6) is 0.0991. The standard InChI is InChI=1S/C19H21N3O2S/c1-13-11-21(8-9-24-13)18(23)17-10-16-14(2)20-22(19(16)25-17)12-15-6-4-3-5-7-15/h3-7,10,13H,8-9,11-12H2,1-2H3/t13-/m0/s1. The number of morpholine rings is 1. The largest absolute Gasteiger partial charge is 0.375 e. The second-order valence-electron chi connectivity index (χ2n) is 6.49. The molecular formula is C19H21N3O2S. The number of amides is 1. The van der Waals surface area contributed by atoms with Gasteiger partial charge in [0.1, 0.15) is 4.83 Å². The van der Waals surface area contributed by atoms with Crippen LogP contribution in [0.25, 0.3) is 10.2 Å². The molecule has 0 unspecified atom stereocenters. The predicted octanol–water partition coefficient (Wildman–Crippen LogP) is 3.32. The van der Waals surface area contributed by atoms with Gasteiger partial charge in [-0.15, -0.1) is 11.3 Å². The Kier molecular flexibility index (Phi) is 4.31. The zero-order chi connectivity index (χ0) is 17.4. The molecule has 1 atom stereocenters. The fourth-order valence-electron chi connectivity index (χ4n) is 3.24. The van der Waals surface area contributed by atoms with Gasteiger partial charge in [0.2, 0.25) is 0 Å². The SMILES string of the molecule is Cc1nn(Cc2ccccc2)c2sc(C(=O)N3CCO[C@@H](C)C3)cc12. The van der Waals surface area contributed by atoms with Crippen LogP contribution in [0.1, 0.15) is 27.9 Å². The number of rotatable bonds is 3. The molecule has 1 aliphatic heterocycles. The zero-order valence-electron chi connectivity index (χ0n) is 14.4. The molecular weight excluding hydrogens is 334 g/mol. The molecule has 130 valence electrons. The molecule has 1 fully saturated rings.